The number of rotatable bonds is 2. The fourth-order valence-corrected chi connectivity index (χ4v) is 2.00. The van der Waals surface area contributed by atoms with Crippen LogP contribution >= 0.6 is 0 Å². The van der Waals surface area contributed by atoms with Gasteiger partial charge in [-0.15, -0.1) is 0 Å². The number of aryl methyl sites for hydroxylation is 2. The molecule has 7 heteroatoms. The number of hydrogen-bond acceptors (Lipinski definition) is 6. The molecule has 2 aromatic heterocycles. The summed E-state index contributed by atoms with van der Waals surface area (Å²) >= 11 is 0. The van der Waals surface area contributed by atoms with E-state index in [1.807, 2.05) is 6.92 Å². The Morgan fingerprint density at radius 2 is 2.16 bits per heavy atom. The zero-order chi connectivity index (χ0) is 14.2. The molecule has 0 spiro atoms. The number of pyridine rings is 1. The summed E-state index contributed by atoms with van der Waals surface area (Å²) in [7, 11) is 0. The van der Waals surface area contributed by atoms with Crippen LogP contribution in [0.25, 0.3) is 16.7 Å². The van der Waals surface area contributed by atoms with Crippen LogP contribution in [0.5, 0.6) is 0 Å². The van der Waals surface area contributed by atoms with Gasteiger partial charge in [-0.1, -0.05) is 0 Å². The summed E-state index contributed by atoms with van der Waals surface area (Å²) in [6.45, 7) is 4.11. The molecule has 0 atom stereocenters. The summed E-state index contributed by atoms with van der Waals surface area (Å²) in [6, 6.07) is 1.65. The monoisotopic (exact) mass is 260 g/mol. The molecule has 2 aromatic rings. The summed E-state index contributed by atoms with van der Waals surface area (Å²) in [6.07, 6.45) is 1.20. The highest BCUT2D eigenvalue weighted by Crippen LogP contribution is 2.17. The first kappa shape index (κ1) is 12.9. The minimum absolute atomic E-state index is 0.140. The second-order valence-corrected chi connectivity index (χ2v) is 4.13. The lowest BCUT2D eigenvalue weighted by Crippen LogP contribution is -2.26. The van der Waals surface area contributed by atoms with Crippen LogP contribution in [0.4, 0.5) is 5.95 Å². The summed E-state index contributed by atoms with van der Waals surface area (Å²) in [4.78, 5) is 20.5. The molecule has 0 bridgehead atoms. The average molecular weight is 260 g/mol. The van der Waals surface area contributed by atoms with Gasteiger partial charge in [0.05, 0.1) is 17.0 Å². The summed E-state index contributed by atoms with van der Waals surface area (Å²) < 4.78 is 1.51. The summed E-state index contributed by atoms with van der Waals surface area (Å²) in [5.41, 5.74) is 18.3. The molecule has 2 heterocycles. The van der Waals surface area contributed by atoms with E-state index in [0.29, 0.717) is 23.4 Å². The third-order valence-electron chi connectivity index (χ3n) is 2.96. The number of nitrogens with two attached hydrogens (primary N) is 3. The predicted octanol–water partition coefficient (Wildman–Crippen LogP) is -0.0822. The molecule has 6 N–H and O–H groups in total. The fraction of sp³-hybridized carbons (Fsp3) is 0.250. The highest BCUT2D eigenvalue weighted by Gasteiger charge is 2.13. The lowest BCUT2D eigenvalue weighted by Gasteiger charge is -2.12. The van der Waals surface area contributed by atoms with Crippen molar-refractivity contribution in [3.05, 3.63) is 33.9 Å². The quantitative estimate of drug-likeness (QED) is 0.693. The van der Waals surface area contributed by atoms with E-state index in [2.05, 4.69) is 9.97 Å². The van der Waals surface area contributed by atoms with Crippen LogP contribution < -0.4 is 22.8 Å². The molecule has 19 heavy (non-hydrogen) atoms. The number of nitrogens with zero attached hydrogens (tertiary/aromatic N) is 3. The lowest BCUT2D eigenvalue weighted by molar-refractivity contribution is 0.746. The molecule has 100 valence electrons. The van der Waals surface area contributed by atoms with E-state index < -0.39 is 0 Å². The largest absolute Gasteiger partial charge is 0.403 e. The summed E-state index contributed by atoms with van der Waals surface area (Å²) in [5, 5.41) is 0.732. The Labute approximate surface area is 109 Å². The van der Waals surface area contributed by atoms with Gasteiger partial charge in [0.25, 0.3) is 5.56 Å². The maximum absolute atomic E-state index is 12.3. The molecule has 0 aliphatic heterocycles. The Morgan fingerprint density at radius 1 is 1.47 bits per heavy atom. The molecule has 0 aromatic carbocycles. The number of hydrogen-bond donors (Lipinski definition) is 3. The van der Waals surface area contributed by atoms with Crippen molar-refractivity contribution in [2.24, 2.45) is 11.5 Å². The Kier molecular flexibility index (Phi) is 3.12. The first-order valence-electron chi connectivity index (χ1n) is 5.85. The van der Waals surface area contributed by atoms with Crippen molar-refractivity contribution >= 4 is 22.7 Å². The van der Waals surface area contributed by atoms with Crippen molar-refractivity contribution in [2.75, 3.05) is 5.73 Å². The molecule has 0 amide bonds. The fourth-order valence-electron chi connectivity index (χ4n) is 2.00. The number of fused-ring (bicyclic) bond motifs is 1. The van der Waals surface area contributed by atoms with Gasteiger partial charge in [0.15, 0.2) is 0 Å². The van der Waals surface area contributed by atoms with Crippen LogP contribution in [-0.2, 0) is 6.54 Å². The molecule has 0 unspecified atom stereocenters. The van der Waals surface area contributed by atoms with Crippen molar-refractivity contribution in [1.29, 1.82) is 0 Å². The maximum Gasteiger partial charge on any atom is 0.261 e. The van der Waals surface area contributed by atoms with Gasteiger partial charge in [-0.3, -0.25) is 9.36 Å². The molecular weight excluding hydrogens is 244 g/mol. The summed E-state index contributed by atoms with van der Waals surface area (Å²) in [5.74, 6) is 0.140. The van der Waals surface area contributed by atoms with E-state index >= 15 is 0 Å². The van der Waals surface area contributed by atoms with Crippen molar-refractivity contribution in [3.8, 4) is 0 Å². The zero-order valence-corrected chi connectivity index (χ0v) is 10.8. The lowest BCUT2D eigenvalue weighted by atomic mass is 10.1. The Balaban J connectivity index is 2.99. The van der Waals surface area contributed by atoms with Gasteiger partial charge in [-0.05, 0) is 19.9 Å². The molecule has 0 saturated carbocycles. The van der Waals surface area contributed by atoms with Crippen LogP contribution in [0.15, 0.2) is 17.1 Å². The zero-order valence-electron chi connectivity index (χ0n) is 10.8. The van der Waals surface area contributed by atoms with Gasteiger partial charge in [-0.2, -0.15) is 4.98 Å². The third-order valence-corrected chi connectivity index (χ3v) is 2.96. The van der Waals surface area contributed by atoms with Crippen molar-refractivity contribution in [3.63, 3.8) is 0 Å². The Hall–Kier alpha value is -2.57. The van der Waals surface area contributed by atoms with E-state index in [1.54, 1.807) is 13.0 Å². The van der Waals surface area contributed by atoms with Gasteiger partial charge in [0.1, 0.15) is 5.65 Å². The van der Waals surface area contributed by atoms with Gasteiger partial charge in [-0.25, -0.2) is 4.98 Å². The molecule has 2 rings (SSSR count). The molecule has 0 fully saturated rings. The van der Waals surface area contributed by atoms with Gasteiger partial charge < -0.3 is 17.2 Å². The van der Waals surface area contributed by atoms with Crippen LogP contribution in [0.1, 0.15) is 18.2 Å². The second kappa shape index (κ2) is 4.60. The van der Waals surface area contributed by atoms with Crippen LogP contribution in [-0.4, -0.2) is 14.5 Å². The number of nitrogen functional groups attached to an aromatic ring is 1. The minimum Gasteiger partial charge on any atom is -0.403 e. The molecule has 0 aliphatic rings. The molecule has 0 aliphatic carbocycles. The minimum atomic E-state index is -0.244. The molecule has 0 radical (unpaired) electrons. The third kappa shape index (κ3) is 1.99. The van der Waals surface area contributed by atoms with Crippen molar-refractivity contribution < 1.29 is 0 Å². The normalized spacial score (nSPS) is 12.0. The topological polar surface area (TPSA) is 126 Å². The van der Waals surface area contributed by atoms with Crippen molar-refractivity contribution in [1.82, 2.24) is 14.5 Å². The van der Waals surface area contributed by atoms with Gasteiger partial charge in [0.2, 0.25) is 5.95 Å². The second-order valence-electron chi connectivity index (χ2n) is 4.13. The number of anilines is 1. The maximum atomic E-state index is 12.3. The van der Waals surface area contributed by atoms with Gasteiger partial charge >= 0.3 is 0 Å². The smallest absolute Gasteiger partial charge is 0.261 e. The highest BCUT2D eigenvalue weighted by molar-refractivity contribution is 5.82. The van der Waals surface area contributed by atoms with E-state index in [0.717, 1.165) is 5.39 Å². The van der Waals surface area contributed by atoms with E-state index in [9.17, 15) is 4.79 Å². The highest BCUT2D eigenvalue weighted by atomic mass is 16.1. The average Bonchev–Trinajstić information content (AvgIpc) is 2.37. The van der Waals surface area contributed by atoms with E-state index in [-0.39, 0.29) is 17.2 Å². The van der Waals surface area contributed by atoms with E-state index in [1.165, 1.54) is 10.8 Å². The molecule has 7 nitrogen and oxygen atoms in total. The van der Waals surface area contributed by atoms with E-state index in [4.69, 9.17) is 17.2 Å². The van der Waals surface area contributed by atoms with Crippen LogP contribution in [0.3, 0.4) is 0 Å². The molecule has 0 saturated heterocycles. The van der Waals surface area contributed by atoms with Gasteiger partial charge in [0, 0.05) is 18.1 Å². The first-order chi connectivity index (χ1) is 8.99. The standard InChI is InChI=1S/C12H16N6O/c1-3-18-10-7(6(2)16-12(15)17-10)4-8(11(18)19)9(14)5-13/h4-5H,3,13-14H2,1-2H3,(H2,15,16,17)/b9-5-. The first-order valence-corrected chi connectivity index (χ1v) is 5.85. The Bertz CT molecular complexity index is 731. The van der Waals surface area contributed by atoms with Crippen LogP contribution in [0, 0.1) is 6.92 Å². The van der Waals surface area contributed by atoms with Crippen molar-refractivity contribution in [2.45, 2.75) is 20.4 Å². The van der Waals surface area contributed by atoms with Crippen LogP contribution in [0.2, 0.25) is 0 Å². The SMILES string of the molecule is CCn1c(=O)c(/C(N)=C/N)cc2c(C)nc(N)nc21. The Morgan fingerprint density at radius 3 is 2.74 bits per heavy atom. The molecular formula is C12H16N6O. The number of aromatic nitrogens is 3. The predicted molar refractivity (Wildman–Crippen MR) is 75.0 cm³/mol.